The van der Waals surface area contributed by atoms with E-state index in [4.69, 9.17) is 9.84 Å². The van der Waals surface area contributed by atoms with Crippen molar-refractivity contribution in [3.63, 3.8) is 0 Å². The molecule has 22 heavy (non-hydrogen) atoms. The van der Waals surface area contributed by atoms with Gasteiger partial charge in [0.15, 0.2) is 0 Å². The van der Waals surface area contributed by atoms with Gasteiger partial charge >= 0.3 is 6.03 Å². The van der Waals surface area contributed by atoms with E-state index in [1.54, 1.807) is 0 Å². The van der Waals surface area contributed by atoms with Gasteiger partial charge in [0, 0.05) is 12.6 Å². The van der Waals surface area contributed by atoms with E-state index < -0.39 is 0 Å². The molecule has 1 aromatic carbocycles. The van der Waals surface area contributed by atoms with Crippen LogP contribution in [0.25, 0.3) is 0 Å². The van der Waals surface area contributed by atoms with Gasteiger partial charge in [0.25, 0.3) is 0 Å². The van der Waals surface area contributed by atoms with E-state index in [1.807, 2.05) is 52.0 Å². The Morgan fingerprint density at radius 1 is 1.27 bits per heavy atom. The summed E-state index contributed by atoms with van der Waals surface area (Å²) in [6.07, 6.45) is 0.555. The summed E-state index contributed by atoms with van der Waals surface area (Å²) in [7, 11) is 0. The molecule has 0 bridgehead atoms. The molecule has 0 aliphatic carbocycles. The number of ether oxygens (including phenoxy) is 1. The van der Waals surface area contributed by atoms with Crippen LogP contribution in [0.1, 0.15) is 45.7 Å². The lowest BCUT2D eigenvalue weighted by Gasteiger charge is -2.23. The molecular weight excluding hydrogens is 280 g/mol. The lowest BCUT2D eigenvalue weighted by Crippen LogP contribution is -2.45. The van der Waals surface area contributed by atoms with Crippen molar-refractivity contribution >= 4 is 6.03 Å². The normalized spacial score (nSPS) is 13.5. The van der Waals surface area contributed by atoms with Crippen molar-refractivity contribution in [2.24, 2.45) is 5.92 Å². The smallest absolute Gasteiger partial charge is 0.315 e. The number of benzene rings is 1. The number of nitrogens with one attached hydrogen (secondary N) is 2. The fourth-order valence-corrected chi connectivity index (χ4v) is 2.24. The van der Waals surface area contributed by atoms with Crippen LogP contribution in [0.2, 0.25) is 0 Å². The number of hydrogen-bond acceptors (Lipinski definition) is 3. The largest absolute Gasteiger partial charge is 0.494 e. The van der Waals surface area contributed by atoms with E-state index in [-0.39, 0.29) is 30.6 Å². The summed E-state index contributed by atoms with van der Waals surface area (Å²) in [5, 5.41) is 14.9. The minimum atomic E-state index is -0.221. The molecule has 5 nitrogen and oxygen atoms in total. The molecule has 1 rings (SSSR count). The molecule has 2 atom stereocenters. The van der Waals surface area contributed by atoms with Crippen LogP contribution in [0, 0.1) is 5.92 Å². The zero-order valence-corrected chi connectivity index (χ0v) is 13.9. The van der Waals surface area contributed by atoms with Gasteiger partial charge in [-0.1, -0.05) is 26.0 Å². The second kappa shape index (κ2) is 9.30. The van der Waals surface area contributed by atoms with Crippen molar-refractivity contribution < 1.29 is 14.6 Å². The maximum atomic E-state index is 12.1. The number of carbonyl (C=O) groups excluding carboxylic acids is 1. The van der Waals surface area contributed by atoms with Crippen molar-refractivity contribution in [2.45, 2.75) is 46.2 Å². The van der Waals surface area contributed by atoms with Gasteiger partial charge in [-0.2, -0.15) is 0 Å². The van der Waals surface area contributed by atoms with E-state index in [0.717, 1.165) is 11.3 Å². The highest BCUT2D eigenvalue weighted by Crippen LogP contribution is 2.19. The highest BCUT2D eigenvalue weighted by Gasteiger charge is 2.17. The van der Waals surface area contributed by atoms with Gasteiger partial charge in [0.05, 0.1) is 12.6 Å². The molecule has 0 spiro atoms. The molecule has 5 heteroatoms. The van der Waals surface area contributed by atoms with Crippen LogP contribution >= 0.6 is 0 Å². The average Bonchev–Trinajstić information content (AvgIpc) is 2.47. The third-order valence-electron chi connectivity index (χ3n) is 3.58. The number of amides is 2. The molecule has 124 valence electrons. The van der Waals surface area contributed by atoms with Gasteiger partial charge in [-0.25, -0.2) is 4.79 Å². The maximum absolute atomic E-state index is 12.1. The zero-order chi connectivity index (χ0) is 16.5. The van der Waals surface area contributed by atoms with Crippen molar-refractivity contribution in [1.29, 1.82) is 0 Å². The van der Waals surface area contributed by atoms with Crippen LogP contribution in [0.15, 0.2) is 24.3 Å². The number of carbonyl (C=O) groups is 1. The molecule has 0 aliphatic heterocycles. The molecule has 0 heterocycles. The van der Waals surface area contributed by atoms with Crippen LogP contribution in [-0.2, 0) is 0 Å². The topological polar surface area (TPSA) is 70.6 Å². The summed E-state index contributed by atoms with van der Waals surface area (Å²) in [6, 6.07) is 7.33. The first-order chi connectivity index (χ1) is 10.5. The van der Waals surface area contributed by atoms with E-state index in [1.165, 1.54) is 0 Å². The molecule has 3 N–H and O–H groups in total. The summed E-state index contributed by atoms with van der Waals surface area (Å²) in [6.45, 7) is 8.60. The highest BCUT2D eigenvalue weighted by atomic mass is 16.5. The Bertz CT molecular complexity index is 463. The van der Waals surface area contributed by atoms with Crippen molar-refractivity contribution in [2.75, 3.05) is 13.2 Å². The standard InChI is InChI=1S/C17H28N2O3/c1-5-22-15-8-6-7-14(11-15)13(4)18-17(21)19-16(9-10-20)12(2)3/h6-8,11-13,16,20H,5,9-10H2,1-4H3,(H2,18,19,21). The van der Waals surface area contributed by atoms with Crippen LogP contribution in [0.5, 0.6) is 5.75 Å². The van der Waals surface area contributed by atoms with Gasteiger partial charge in [-0.15, -0.1) is 0 Å². The molecular formula is C17H28N2O3. The quantitative estimate of drug-likeness (QED) is 0.691. The van der Waals surface area contributed by atoms with Crippen LogP contribution in [0.3, 0.4) is 0 Å². The summed E-state index contributed by atoms with van der Waals surface area (Å²) in [4.78, 5) is 12.1. The first-order valence-electron chi connectivity index (χ1n) is 7.88. The molecule has 0 saturated heterocycles. The molecule has 0 aliphatic rings. The first kappa shape index (κ1) is 18.3. The number of rotatable bonds is 8. The van der Waals surface area contributed by atoms with Crippen LogP contribution in [-0.4, -0.2) is 30.4 Å². The molecule has 1 aromatic rings. The van der Waals surface area contributed by atoms with Gasteiger partial charge in [0.2, 0.25) is 0 Å². The van der Waals surface area contributed by atoms with Crippen molar-refractivity contribution in [1.82, 2.24) is 10.6 Å². The second-order valence-electron chi connectivity index (χ2n) is 5.71. The van der Waals surface area contributed by atoms with E-state index >= 15 is 0 Å². The molecule has 0 saturated carbocycles. The molecule has 2 amide bonds. The predicted molar refractivity (Wildman–Crippen MR) is 88.0 cm³/mol. The monoisotopic (exact) mass is 308 g/mol. The van der Waals surface area contributed by atoms with Crippen LogP contribution in [0.4, 0.5) is 4.79 Å². The lowest BCUT2D eigenvalue weighted by molar-refractivity contribution is 0.216. The minimum Gasteiger partial charge on any atom is -0.494 e. The molecule has 0 radical (unpaired) electrons. The summed E-state index contributed by atoms with van der Waals surface area (Å²) in [5.41, 5.74) is 0.990. The Kier molecular flexibility index (Phi) is 7.74. The third kappa shape index (κ3) is 5.93. The number of aliphatic hydroxyl groups is 1. The summed E-state index contributed by atoms with van der Waals surface area (Å²) >= 11 is 0. The first-order valence-corrected chi connectivity index (χ1v) is 7.88. The lowest BCUT2D eigenvalue weighted by atomic mass is 10.0. The fourth-order valence-electron chi connectivity index (χ4n) is 2.24. The molecule has 0 fully saturated rings. The van der Waals surface area contributed by atoms with Crippen molar-refractivity contribution in [3.8, 4) is 5.75 Å². The Balaban J connectivity index is 2.61. The summed E-state index contributed by atoms with van der Waals surface area (Å²) < 4.78 is 5.47. The third-order valence-corrected chi connectivity index (χ3v) is 3.58. The Hall–Kier alpha value is -1.75. The Morgan fingerprint density at radius 3 is 2.59 bits per heavy atom. The molecule has 2 unspecified atom stereocenters. The Morgan fingerprint density at radius 2 is 2.00 bits per heavy atom. The SMILES string of the molecule is CCOc1cccc(C(C)NC(=O)NC(CCO)C(C)C)c1. The number of hydrogen-bond donors (Lipinski definition) is 3. The van der Waals surface area contributed by atoms with Gasteiger partial charge in [0.1, 0.15) is 5.75 Å². The zero-order valence-electron chi connectivity index (χ0n) is 13.9. The van der Waals surface area contributed by atoms with Gasteiger partial charge in [-0.3, -0.25) is 0 Å². The number of urea groups is 1. The Labute approximate surface area is 133 Å². The molecule has 0 aromatic heterocycles. The summed E-state index contributed by atoms with van der Waals surface area (Å²) in [5.74, 6) is 1.07. The second-order valence-corrected chi connectivity index (χ2v) is 5.71. The highest BCUT2D eigenvalue weighted by molar-refractivity contribution is 5.74. The van der Waals surface area contributed by atoms with Crippen LogP contribution < -0.4 is 15.4 Å². The van der Waals surface area contributed by atoms with E-state index in [2.05, 4.69) is 10.6 Å². The average molecular weight is 308 g/mol. The predicted octanol–water partition coefficient (Wildman–Crippen LogP) is 2.85. The fraction of sp³-hybridized carbons (Fsp3) is 0.588. The van der Waals surface area contributed by atoms with E-state index in [9.17, 15) is 4.79 Å². The maximum Gasteiger partial charge on any atom is 0.315 e. The van der Waals surface area contributed by atoms with Crippen molar-refractivity contribution in [3.05, 3.63) is 29.8 Å². The minimum absolute atomic E-state index is 0.0352. The van der Waals surface area contributed by atoms with Gasteiger partial charge < -0.3 is 20.5 Å². The number of aliphatic hydroxyl groups excluding tert-OH is 1. The van der Waals surface area contributed by atoms with Gasteiger partial charge in [-0.05, 0) is 43.9 Å². The van der Waals surface area contributed by atoms with E-state index in [0.29, 0.717) is 13.0 Å².